The fraction of sp³-hybridized carbons (Fsp3) is 0.429. The van der Waals surface area contributed by atoms with Crippen LogP contribution in [0.2, 0.25) is 0 Å². The Morgan fingerprint density at radius 2 is 1.85 bits per heavy atom. The summed E-state index contributed by atoms with van der Waals surface area (Å²) in [6.07, 6.45) is 10.2. The average molecular weight is 545 g/mol. The molecule has 2 aliphatic rings. The highest BCUT2D eigenvalue weighted by atomic mass is 32.2. The summed E-state index contributed by atoms with van der Waals surface area (Å²) in [5.74, 6) is 1.58. The van der Waals surface area contributed by atoms with Gasteiger partial charge < -0.3 is 5.32 Å². The van der Waals surface area contributed by atoms with Crippen molar-refractivity contribution >= 4 is 26.7 Å². The van der Waals surface area contributed by atoms with Gasteiger partial charge in [0, 0.05) is 29.7 Å². The summed E-state index contributed by atoms with van der Waals surface area (Å²) in [4.78, 5) is 37.5. The van der Waals surface area contributed by atoms with Gasteiger partial charge in [0.1, 0.15) is 11.8 Å². The number of rotatable bonds is 8. The topological polar surface area (TPSA) is 139 Å². The number of hydrogen-bond donors (Lipinski definition) is 2. The molecule has 202 valence electrons. The Labute approximate surface area is 227 Å². The fourth-order valence-corrected chi connectivity index (χ4v) is 5.89. The van der Waals surface area contributed by atoms with E-state index in [-0.39, 0.29) is 17.4 Å². The lowest BCUT2D eigenvalue weighted by molar-refractivity contribution is 0.222. The molecule has 10 nitrogen and oxygen atoms in total. The first-order valence-corrected chi connectivity index (χ1v) is 15.3. The third kappa shape index (κ3) is 4.91. The maximum Gasteiger partial charge on any atom is 0.295 e. The highest BCUT2D eigenvalue weighted by Crippen LogP contribution is 2.43. The molecule has 0 amide bonds. The first-order valence-electron chi connectivity index (χ1n) is 13.4. The quantitative estimate of drug-likeness (QED) is 0.321. The zero-order valence-corrected chi connectivity index (χ0v) is 23.2. The van der Waals surface area contributed by atoms with Gasteiger partial charge in [-0.1, -0.05) is 18.6 Å². The average Bonchev–Trinajstić information content (AvgIpc) is 3.71. The number of aromatic nitrogens is 6. The van der Waals surface area contributed by atoms with E-state index in [9.17, 15) is 9.00 Å². The molecular formula is C28H32N8O2S. The maximum atomic E-state index is 13.9. The zero-order valence-electron chi connectivity index (χ0n) is 22.3. The summed E-state index contributed by atoms with van der Waals surface area (Å²) in [5.41, 5.74) is 4.40. The normalized spacial score (nSPS) is 17.9. The molecule has 0 spiro atoms. The third-order valence-corrected chi connectivity index (χ3v) is 9.13. The van der Waals surface area contributed by atoms with Crippen LogP contribution in [-0.2, 0) is 16.3 Å². The van der Waals surface area contributed by atoms with E-state index in [1.807, 2.05) is 19.1 Å². The minimum absolute atomic E-state index is 0.0369. The van der Waals surface area contributed by atoms with Crippen molar-refractivity contribution in [2.75, 3.05) is 11.6 Å². The van der Waals surface area contributed by atoms with Crippen molar-refractivity contribution < 1.29 is 4.21 Å². The number of anilines is 1. The second-order valence-electron chi connectivity index (χ2n) is 10.8. The Hall–Kier alpha value is -3.73. The predicted octanol–water partition coefficient (Wildman–Crippen LogP) is 4.84. The second-order valence-corrected chi connectivity index (χ2v) is 13.0. The number of nitrogens with zero attached hydrogens (tertiary/aromatic N) is 6. The van der Waals surface area contributed by atoms with Gasteiger partial charge in [-0.25, -0.2) is 33.9 Å². The van der Waals surface area contributed by atoms with Crippen molar-refractivity contribution in [3.8, 4) is 11.4 Å². The molecule has 2 N–H and O–H groups in total. The van der Waals surface area contributed by atoms with Gasteiger partial charge in [0.2, 0.25) is 0 Å². The van der Waals surface area contributed by atoms with E-state index in [1.54, 1.807) is 29.2 Å². The first kappa shape index (κ1) is 25.5. The van der Waals surface area contributed by atoms with E-state index in [0.29, 0.717) is 40.3 Å². The van der Waals surface area contributed by atoms with Crippen LogP contribution >= 0.6 is 0 Å². The molecule has 1 aromatic carbocycles. The Bertz CT molecular complexity index is 1730. The molecule has 3 aromatic heterocycles. The Morgan fingerprint density at radius 3 is 2.49 bits per heavy atom. The molecular weight excluding hydrogens is 512 g/mol. The highest BCUT2D eigenvalue weighted by molar-refractivity contribution is 7.91. The minimum atomic E-state index is -2.78. The van der Waals surface area contributed by atoms with Gasteiger partial charge in [0.25, 0.3) is 5.56 Å². The van der Waals surface area contributed by atoms with Gasteiger partial charge in [-0.05, 0) is 63.1 Å². The largest absolute Gasteiger partial charge is 0.361 e. The molecule has 3 heterocycles. The summed E-state index contributed by atoms with van der Waals surface area (Å²) in [5, 5.41) is 3.20. The monoisotopic (exact) mass is 544 g/mol. The highest BCUT2D eigenvalue weighted by Gasteiger charge is 2.31. The van der Waals surface area contributed by atoms with Crippen molar-refractivity contribution in [2.24, 2.45) is 5.92 Å². The Balaban J connectivity index is 1.41. The SMILES string of the molecule is Cc1ncnc(C2CC2)c1-c1ncc2nc(NCc3ccc(S(C)(=N)=O)cc3)c(=O)n([C@@H](C)C3CCC3)c2n1. The molecule has 39 heavy (non-hydrogen) atoms. The van der Waals surface area contributed by atoms with E-state index in [4.69, 9.17) is 9.76 Å². The number of nitrogens with one attached hydrogen (secondary N) is 2. The summed E-state index contributed by atoms with van der Waals surface area (Å²) in [6, 6.07) is 6.97. The van der Waals surface area contributed by atoms with Crippen molar-refractivity contribution in [1.29, 1.82) is 4.78 Å². The molecule has 0 saturated heterocycles. The van der Waals surface area contributed by atoms with Crippen LogP contribution < -0.4 is 10.9 Å². The van der Waals surface area contributed by atoms with Crippen LogP contribution in [-0.4, -0.2) is 40.0 Å². The molecule has 2 atom stereocenters. The van der Waals surface area contributed by atoms with Crippen LogP contribution in [0.4, 0.5) is 5.82 Å². The number of fused-ring (bicyclic) bond motifs is 1. The lowest BCUT2D eigenvalue weighted by Gasteiger charge is -2.33. The van der Waals surface area contributed by atoms with Crippen molar-refractivity contribution in [2.45, 2.75) is 69.4 Å². The molecule has 2 aliphatic carbocycles. The number of benzene rings is 1. The molecule has 2 saturated carbocycles. The maximum absolute atomic E-state index is 13.9. The number of hydrogen-bond acceptors (Lipinski definition) is 9. The second kappa shape index (κ2) is 9.78. The molecule has 2 fully saturated rings. The summed E-state index contributed by atoms with van der Waals surface area (Å²) in [6.45, 7) is 4.39. The van der Waals surface area contributed by atoms with Gasteiger partial charge in [-0.15, -0.1) is 0 Å². The molecule has 0 bridgehead atoms. The fourth-order valence-electron chi connectivity index (χ4n) is 5.24. The van der Waals surface area contributed by atoms with Gasteiger partial charge >= 0.3 is 0 Å². The summed E-state index contributed by atoms with van der Waals surface area (Å²) >= 11 is 0. The Kier molecular flexibility index (Phi) is 6.41. The molecule has 1 unspecified atom stereocenters. The smallest absolute Gasteiger partial charge is 0.295 e. The number of aryl methyl sites for hydroxylation is 1. The zero-order chi connectivity index (χ0) is 27.3. The molecule has 0 radical (unpaired) electrons. The van der Waals surface area contributed by atoms with Gasteiger partial charge in [0.15, 0.2) is 17.3 Å². The van der Waals surface area contributed by atoms with Crippen LogP contribution in [0.1, 0.15) is 67.9 Å². The van der Waals surface area contributed by atoms with E-state index in [0.717, 1.165) is 48.2 Å². The first-order chi connectivity index (χ1) is 18.7. The van der Waals surface area contributed by atoms with E-state index >= 15 is 0 Å². The van der Waals surface area contributed by atoms with Gasteiger partial charge in [-0.3, -0.25) is 9.36 Å². The van der Waals surface area contributed by atoms with Crippen LogP contribution in [0.25, 0.3) is 22.6 Å². The minimum Gasteiger partial charge on any atom is -0.361 e. The van der Waals surface area contributed by atoms with Crippen LogP contribution in [0, 0.1) is 17.6 Å². The molecule has 11 heteroatoms. The van der Waals surface area contributed by atoms with Crippen molar-refractivity contribution in [3.05, 3.63) is 64.1 Å². The van der Waals surface area contributed by atoms with E-state index in [2.05, 4.69) is 32.2 Å². The van der Waals surface area contributed by atoms with Crippen molar-refractivity contribution in [1.82, 2.24) is 29.5 Å². The lowest BCUT2D eigenvalue weighted by Crippen LogP contribution is -2.33. The van der Waals surface area contributed by atoms with Gasteiger partial charge in [-0.2, -0.15) is 0 Å². The summed E-state index contributed by atoms with van der Waals surface area (Å²) < 4.78 is 21.5. The lowest BCUT2D eigenvalue weighted by atomic mass is 9.80. The molecule has 0 aliphatic heterocycles. The van der Waals surface area contributed by atoms with Crippen LogP contribution in [0.3, 0.4) is 0 Å². The van der Waals surface area contributed by atoms with Gasteiger partial charge in [0.05, 0.1) is 32.9 Å². The van der Waals surface area contributed by atoms with E-state index in [1.165, 1.54) is 12.7 Å². The molecule has 4 aromatic rings. The predicted molar refractivity (Wildman–Crippen MR) is 150 cm³/mol. The van der Waals surface area contributed by atoms with Crippen molar-refractivity contribution in [3.63, 3.8) is 0 Å². The van der Waals surface area contributed by atoms with E-state index < -0.39 is 9.73 Å². The third-order valence-electron chi connectivity index (χ3n) is 7.96. The van der Waals surface area contributed by atoms with Crippen LogP contribution in [0.15, 0.2) is 46.5 Å². The summed E-state index contributed by atoms with van der Waals surface area (Å²) in [7, 11) is -2.78. The van der Waals surface area contributed by atoms with Crippen LogP contribution in [0.5, 0.6) is 0 Å². The Morgan fingerprint density at radius 1 is 1.10 bits per heavy atom. The standard InChI is InChI=1S/C28H32N8O2S/c1-16-23(24(20-9-10-20)33-15-32-16)25-31-14-22-27(35-25)36(17(2)19-5-4-6-19)28(37)26(34-22)30-13-18-7-11-21(12-8-18)39(3,29)38/h7-8,11-12,14-15,17,19-20,29H,4-6,9-10,13H2,1-3H3,(H,30,34)/t17-,39?/m0/s1. The molecule has 6 rings (SSSR count).